The summed E-state index contributed by atoms with van der Waals surface area (Å²) in [6.45, 7) is 2.65. The maximum atomic E-state index is 13.6. The Kier molecular flexibility index (Phi) is 6.10. The summed E-state index contributed by atoms with van der Waals surface area (Å²) in [5, 5.41) is 8.55. The van der Waals surface area contributed by atoms with Crippen LogP contribution in [-0.4, -0.2) is 46.9 Å². The third-order valence-electron chi connectivity index (χ3n) is 4.32. The number of hydrogen-bond acceptors (Lipinski definition) is 5. The van der Waals surface area contributed by atoms with E-state index in [4.69, 9.17) is 11.6 Å². The third kappa shape index (κ3) is 4.23. The Morgan fingerprint density at radius 2 is 1.86 bits per heavy atom. The molecule has 9 heteroatoms. The summed E-state index contributed by atoms with van der Waals surface area (Å²) in [5.74, 6) is -1.90. The van der Waals surface area contributed by atoms with Crippen molar-refractivity contribution in [2.24, 2.45) is 0 Å². The highest BCUT2D eigenvalue weighted by atomic mass is 35.5. The Hall–Kier alpha value is -2.32. The number of nitrogens with zero attached hydrogens (tertiary/aromatic N) is 5. The third-order valence-corrected chi connectivity index (χ3v) is 4.53. The number of anilines is 1. The SMILES string of the molecule is CC(F)(F)c1cccc(-n2nc(N3CCCC3)c3cnc(Cl)cc32)n1.CNC. The fourth-order valence-corrected chi connectivity index (χ4v) is 3.25. The average Bonchev–Trinajstić information content (AvgIpc) is 3.29. The second kappa shape index (κ2) is 8.36. The molecule has 1 aliphatic heterocycles. The molecule has 1 aliphatic rings. The first kappa shape index (κ1) is 20.4. The van der Waals surface area contributed by atoms with Crippen molar-refractivity contribution in [3.05, 3.63) is 41.3 Å². The molecule has 1 saturated heterocycles. The molecule has 0 aromatic carbocycles. The van der Waals surface area contributed by atoms with Crippen LogP contribution in [0.15, 0.2) is 30.5 Å². The number of nitrogens with one attached hydrogen (secondary N) is 1. The zero-order valence-electron chi connectivity index (χ0n) is 16.1. The molecule has 0 spiro atoms. The monoisotopic (exact) mass is 408 g/mol. The van der Waals surface area contributed by atoms with Gasteiger partial charge in [-0.3, -0.25) is 0 Å². The van der Waals surface area contributed by atoms with Crippen molar-refractivity contribution in [1.82, 2.24) is 25.1 Å². The molecule has 0 radical (unpaired) electrons. The summed E-state index contributed by atoms with van der Waals surface area (Å²) in [6, 6.07) is 6.21. The highest BCUT2D eigenvalue weighted by Gasteiger charge is 2.27. The van der Waals surface area contributed by atoms with Crippen LogP contribution in [0.4, 0.5) is 14.6 Å². The van der Waals surface area contributed by atoms with Gasteiger partial charge in [-0.1, -0.05) is 17.7 Å². The molecule has 3 aromatic heterocycles. The van der Waals surface area contributed by atoms with Gasteiger partial charge in [0, 0.05) is 32.3 Å². The first-order valence-corrected chi connectivity index (χ1v) is 9.46. The van der Waals surface area contributed by atoms with E-state index in [9.17, 15) is 8.78 Å². The van der Waals surface area contributed by atoms with Crippen molar-refractivity contribution in [1.29, 1.82) is 0 Å². The first-order valence-electron chi connectivity index (χ1n) is 9.08. The lowest BCUT2D eigenvalue weighted by molar-refractivity contribution is 0.0127. The lowest BCUT2D eigenvalue weighted by atomic mass is 10.2. The topological polar surface area (TPSA) is 58.9 Å². The minimum Gasteiger partial charge on any atom is -0.355 e. The van der Waals surface area contributed by atoms with E-state index in [1.54, 1.807) is 29.1 Å². The zero-order valence-corrected chi connectivity index (χ0v) is 16.8. The molecule has 0 bridgehead atoms. The quantitative estimate of drug-likeness (QED) is 0.663. The number of halogens is 3. The normalized spacial score (nSPS) is 14.3. The number of pyridine rings is 2. The van der Waals surface area contributed by atoms with Crippen LogP contribution >= 0.6 is 11.6 Å². The number of rotatable bonds is 3. The molecule has 4 heterocycles. The van der Waals surface area contributed by atoms with Crippen LogP contribution in [0.3, 0.4) is 0 Å². The van der Waals surface area contributed by atoms with Crippen molar-refractivity contribution in [3.63, 3.8) is 0 Å². The van der Waals surface area contributed by atoms with Crippen LogP contribution in [0.5, 0.6) is 0 Å². The minimum atomic E-state index is -3.02. The van der Waals surface area contributed by atoms with E-state index in [0.717, 1.165) is 44.1 Å². The van der Waals surface area contributed by atoms with Gasteiger partial charge < -0.3 is 10.2 Å². The van der Waals surface area contributed by atoms with Crippen LogP contribution in [0, 0.1) is 0 Å². The largest absolute Gasteiger partial charge is 0.355 e. The first-order chi connectivity index (χ1) is 13.3. The van der Waals surface area contributed by atoms with Gasteiger partial charge >= 0.3 is 0 Å². The minimum absolute atomic E-state index is 0.295. The molecule has 0 amide bonds. The van der Waals surface area contributed by atoms with E-state index >= 15 is 0 Å². The van der Waals surface area contributed by atoms with Crippen LogP contribution in [0.25, 0.3) is 16.7 Å². The number of fused-ring (bicyclic) bond motifs is 1. The standard InChI is InChI=1S/C17H16ClF2N5.C2H7N/c1-17(19,20)13-5-4-6-15(22-13)25-12-9-14(18)21-10-11(12)16(23-25)24-7-2-3-8-24;1-3-2/h4-6,9-10H,2-3,7-8H2,1H3;3H,1-2H3. The molecule has 3 aromatic rings. The Morgan fingerprint density at radius 1 is 1.18 bits per heavy atom. The second-order valence-corrected chi connectivity index (χ2v) is 7.11. The Bertz CT molecular complexity index is 947. The van der Waals surface area contributed by atoms with Crippen molar-refractivity contribution in [2.75, 3.05) is 32.1 Å². The smallest absolute Gasteiger partial charge is 0.287 e. The fraction of sp³-hybridized carbons (Fsp3) is 0.421. The van der Waals surface area contributed by atoms with Gasteiger partial charge in [-0.25, -0.2) is 14.6 Å². The van der Waals surface area contributed by atoms with Crippen LogP contribution in [-0.2, 0) is 5.92 Å². The maximum Gasteiger partial charge on any atom is 0.287 e. The van der Waals surface area contributed by atoms with Crippen molar-refractivity contribution >= 4 is 28.3 Å². The Labute approximate surface area is 167 Å². The molecule has 0 aliphatic carbocycles. The Balaban J connectivity index is 0.000000706. The maximum absolute atomic E-state index is 13.6. The van der Waals surface area contributed by atoms with E-state index in [1.165, 1.54) is 6.07 Å². The molecule has 1 fully saturated rings. The van der Waals surface area contributed by atoms with E-state index < -0.39 is 5.92 Å². The molecule has 6 nitrogen and oxygen atoms in total. The van der Waals surface area contributed by atoms with Gasteiger partial charge in [0.1, 0.15) is 10.8 Å². The highest BCUT2D eigenvalue weighted by molar-refractivity contribution is 6.30. The molecule has 0 saturated carbocycles. The predicted molar refractivity (Wildman–Crippen MR) is 108 cm³/mol. The van der Waals surface area contributed by atoms with Gasteiger partial charge in [0.15, 0.2) is 11.6 Å². The van der Waals surface area contributed by atoms with Crippen molar-refractivity contribution in [2.45, 2.75) is 25.7 Å². The number of aromatic nitrogens is 4. The number of alkyl halides is 2. The average molecular weight is 409 g/mol. The molecule has 28 heavy (non-hydrogen) atoms. The van der Waals surface area contributed by atoms with Gasteiger partial charge in [0.05, 0.1) is 10.9 Å². The summed E-state index contributed by atoms with van der Waals surface area (Å²) in [6.07, 6.45) is 3.88. The van der Waals surface area contributed by atoms with Crippen LogP contribution in [0.1, 0.15) is 25.5 Å². The van der Waals surface area contributed by atoms with E-state index in [-0.39, 0.29) is 5.69 Å². The van der Waals surface area contributed by atoms with Gasteiger partial charge in [-0.05, 0) is 39.1 Å². The summed E-state index contributed by atoms with van der Waals surface area (Å²) >= 11 is 6.04. The molecular weight excluding hydrogens is 386 g/mol. The lowest BCUT2D eigenvalue weighted by Gasteiger charge is -2.14. The van der Waals surface area contributed by atoms with E-state index in [2.05, 4.69) is 25.3 Å². The van der Waals surface area contributed by atoms with Gasteiger partial charge in [0.2, 0.25) is 0 Å². The summed E-state index contributed by atoms with van der Waals surface area (Å²) in [4.78, 5) is 10.4. The van der Waals surface area contributed by atoms with E-state index in [0.29, 0.717) is 16.5 Å². The Morgan fingerprint density at radius 3 is 2.50 bits per heavy atom. The van der Waals surface area contributed by atoms with Gasteiger partial charge in [-0.2, -0.15) is 8.78 Å². The predicted octanol–water partition coefficient (Wildman–Crippen LogP) is 4.02. The summed E-state index contributed by atoms with van der Waals surface area (Å²) in [7, 11) is 3.75. The molecular formula is C19H23ClF2N6. The van der Waals surface area contributed by atoms with Crippen molar-refractivity contribution < 1.29 is 8.78 Å². The fourth-order valence-electron chi connectivity index (χ4n) is 3.09. The molecule has 0 atom stereocenters. The summed E-state index contributed by atoms with van der Waals surface area (Å²) < 4.78 is 28.9. The molecule has 150 valence electrons. The number of hydrogen-bond donors (Lipinski definition) is 1. The van der Waals surface area contributed by atoms with Crippen LogP contribution < -0.4 is 10.2 Å². The molecule has 1 N–H and O–H groups in total. The molecule has 0 unspecified atom stereocenters. The lowest BCUT2D eigenvalue weighted by Crippen LogP contribution is -2.18. The van der Waals surface area contributed by atoms with Gasteiger partial charge in [-0.15, -0.1) is 5.10 Å². The molecule has 4 rings (SSSR count). The second-order valence-electron chi connectivity index (χ2n) is 6.72. The zero-order chi connectivity index (χ0) is 20.3. The van der Waals surface area contributed by atoms with Crippen LogP contribution in [0.2, 0.25) is 5.15 Å². The van der Waals surface area contributed by atoms with E-state index in [1.807, 2.05) is 14.1 Å². The van der Waals surface area contributed by atoms with Gasteiger partial charge in [0.25, 0.3) is 5.92 Å². The van der Waals surface area contributed by atoms with Crippen molar-refractivity contribution in [3.8, 4) is 5.82 Å². The summed E-state index contributed by atoms with van der Waals surface area (Å²) in [5.41, 5.74) is 0.405. The highest BCUT2D eigenvalue weighted by Crippen LogP contribution is 2.32.